The summed E-state index contributed by atoms with van der Waals surface area (Å²) >= 11 is 0. The molecule has 3 N–H and O–H groups in total. The van der Waals surface area contributed by atoms with Gasteiger partial charge in [-0.15, -0.1) is 0 Å². The average Bonchev–Trinajstić information content (AvgIpc) is 2.79. The predicted octanol–water partition coefficient (Wildman–Crippen LogP) is 1.22. The minimum absolute atomic E-state index is 0.514. The molecule has 0 radical (unpaired) electrons. The Morgan fingerprint density at radius 1 is 1.44 bits per heavy atom. The van der Waals surface area contributed by atoms with Gasteiger partial charge in [-0.05, 0) is 6.42 Å². The van der Waals surface area contributed by atoms with Crippen LogP contribution in [0, 0.1) is 0 Å². The third-order valence-electron chi connectivity index (χ3n) is 2.26. The lowest BCUT2D eigenvalue weighted by molar-refractivity contribution is 0.412. The van der Waals surface area contributed by atoms with E-state index in [0.717, 1.165) is 23.5 Å². The van der Waals surface area contributed by atoms with Crippen molar-refractivity contribution in [3.63, 3.8) is 0 Å². The average molecular weight is 219 g/mol. The maximum absolute atomic E-state index is 5.76. The lowest BCUT2D eigenvalue weighted by Crippen LogP contribution is -2.07. The zero-order valence-corrected chi connectivity index (χ0v) is 8.97. The van der Waals surface area contributed by atoms with E-state index in [1.54, 1.807) is 6.07 Å². The van der Waals surface area contributed by atoms with Gasteiger partial charge in [0.2, 0.25) is 0 Å². The highest BCUT2D eigenvalue weighted by molar-refractivity contribution is 5.54. The van der Waals surface area contributed by atoms with Gasteiger partial charge in [-0.1, -0.05) is 12.1 Å². The van der Waals surface area contributed by atoms with Crippen molar-refractivity contribution in [3.05, 3.63) is 29.9 Å². The van der Waals surface area contributed by atoms with Crippen molar-refractivity contribution in [2.75, 3.05) is 11.1 Å². The molecule has 0 spiro atoms. The fourth-order valence-electron chi connectivity index (χ4n) is 1.43. The maximum atomic E-state index is 5.76. The van der Waals surface area contributed by atoms with Gasteiger partial charge in [0.05, 0.1) is 6.54 Å². The van der Waals surface area contributed by atoms with Crippen LogP contribution in [0.3, 0.4) is 0 Å². The zero-order chi connectivity index (χ0) is 11.4. The Balaban J connectivity index is 2.12. The molecule has 6 nitrogen and oxygen atoms in total. The van der Waals surface area contributed by atoms with E-state index >= 15 is 0 Å². The highest BCUT2D eigenvalue weighted by Crippen LogP contribution is 2.17. The molecule has 6 heteroatoms. The lowest BCUT2D eigenvalue weighted by Gasteiger charge is -2.09. The molecular weight excluding hydrogens is 206 g/mol. The molecule has 0 aliphatic heterocycles. The molecule has 84 valence electrons. The van der Waals surface area contributed by atoms with E-state index in [9.17, 15) is 0 Å². The zero-order valence-electron chi connectivity index (χ0n) is 8.97. The Labute approximate surface area is 92.9 Å². The molecule has 0 atom stereocenters. The molecule has 0 aromatic carbocycles. The summed E-state index contributed by atoms with van der Waals surface area (Å²) in [6, 6.07) is 1.79. The van der Waals surface area contributed by atoms with Gasteiger partial charge >= 0.3 is 0 Å². The molecule has 2 aromatic heterocycles. The van der Waals surface area contributed by atoms with Crippen molar-refractivity contribution in [2.24, 2.45) is 0 Å². The first-order valence-electron chi connectivity index (χ1n) is 5.03. The molecule has 2 heterocycles. The molecule has 2 aromatic rings. The second-order valence-corrected chi connectivity index (χ2v) is 3.28. The molecule has 0 fully saturated rings. The summed E-state index contributed by atoms with van der Waals surface area (Å²) in [7, 11) is 0. The Hall–Kier alpha value is -2.11. The van der Waals surface area contributed by atoms with Gasteiger partial charge in [0.1, 0.15) is 29.9 Å². The van der Waals surface area contributed by atoms with Crippen molar-refractivity contribution < 1.29 is 4.52 Å². The highest BCUT2D eigenvalue weighted by Gasteiger charge is 2.07. The summed E-state index contributed by atoms with van der Waals surface area (Å²) in [6.07, 6.45) is 3.76. The van der Waals surface area contributed by atoms with E-state index in [2.05, 4.69) is 20.4 Å². The van der Waals surface area contributed by atoms with E-state index in [4.69, 9.17) is 10.3 Å². The van der Waals surface area contributed by atoms with Crippen LogP contribution in [0.15, 0.2) is 23.2 Å². The molecule has 0 aliphatic rings. The second-order valence-electron chi connectivity index (χ2n) is 3.28. The Morgan fingerprint density at radius 3 is 3.00 bits per heavy atom. The van der Waals surface area contributed by atoms with E-state index < -0.39 is 0 Å². The number of nitrogen functional groups attached to an aromatic ring is 1. The van der Waals surface area contributed by atoms with Crippen molar-refractivity contribution in [3.8, 4) is 0 Å². The van der Waals surface area contributed by atoms with Crippen molar-refractivity contribution in [2.45, 2.75) is 19.9 Å². The summed E-state index contributed by atoms with van der Waals surface area (Å²) < 4.78 is 4.74. The molecule has 2 rings (SSSR count). The normalized spacial score (nSPS) is 10.3. The van der Waals surface area contributed by atoms with Gasteiger partial charge in [-0.3, -0.25) is 0 Å². The molecule has 0 saturated carbocycles. The van der Waals surface area contributed by atoms with Crippen LogP contribution in [0.25, 0.3) is 0 Å². The molecular formula is C10H13N5O. The summed E-state index contributed by atoms with van der Waals surface area (Å²) in [4.78, 5) is 8.10. The van der Waals surface area contributed by atoms with Gasteiger partial charge in [-0.25, -0.2) is 9.97 Å². The first kappa shape index (κ1) is 10.4. The summed E-state index contributed by atoms with van der Waals surface area (Å²) in [5, 5.41) is 6.95. The molecule has 0 saturated heterocycles. The van der Waals surface area contributed by atoms with Gasteiger partial charge in [0.25, 0.3) is 0 Å². The van der Waals surface area contributed by atoms with Crippen molar-refractivity contribution >= 4 is 11.6 Å². The number of hydrogen-bond acceptors (Lipinski definition) is 6. The second kappa shape index (κ2) is 4.61. The van der Waals surface area contributed by atoms with Gasteiger partial charge in [0, 0.05) is 11.6 Å². The third-order valence-corrected chi connectivity index (χ3v) is 2.26. The molecule has 0 amide bonds. The molecule has 0 unspecified atom stereocenters. The number of nitrogens with zero attached hydrogens (tertiary/aromatic N) is 3. The topological polar surface area (TPSA) is 89.9 Å². The number of anilines is 2. The summed E-state index contributed by atoms with van der Waals surface area (Å²) in [5.41, 5.74) is 7.50. The molecule has 0 bridgehead atoms. The third kappa shape index (κ3) is 2.10. The van der Waals surface area contributed by atoms with Crippen molar-refractivity contribution in [1.82, 2.24) is 15.1 Å². The van der Waals surface area contributed by atoms with Crippen molar-refractivity contribution in [1.29, 1.82) is 0 Å². The van der Waals surface area contributed by atoms with E-state index in [1.807, 2.05) is 6.92 Å². The van der Waals surface area contributed by atoms with Gasteiger partial charge in [0.15, 0.2) is 0 Å². The SMILES string of the molecule is CCc1c(N)ncnc1NCc1ccon1. The number of nitrogens with one attached hydrogen (secondary N) is 1. The van der Waals surface area contributed by atoms with Crippen LogP contribution in [0.4, 0.5) is 11.6 Å². The summed E-state index contributed by atoms with van der Waals surface area (Å²) in [6.45, 7) is 2.57. The number of hydrogen-bond donors (Lipinski definition) is 2. The molecule has 16 heavy (non-hydrogen) atoms. The first-order valence-corrected chi connectivity index (χ1v) is 5.03. The largest absolute Gasteiger partial charge is 0.383 e. The van der Waals surface area contributed by atoms with Crippen LogP contribution < -0.4 is 11.1 Å². The van der Waals surface area contributed by atoms with Crippen LogP contribution in [0.2, 0.25) is 0 Å². The van der Waals surface area contributed by atoms with Crippen LogP contribution >= 0.6 is 0 Å². The first-order chi connectivity index (χ1) is 7.81. The fraction of sp³-hybridized carbons (Fsp3) is 0.300. The van der Waals surface area contributed by atoms with Crippen LogP contribution in [0.1, 0.15) is 18.2 Å². The predicted molar refractivity (Wildman–Crippen MR) is 59.7 cm³/mol. The standard InChI is InChI=1S/C10H13N5O/c1-2-8-9(11)13-6-14-10(8)12-5-7-3-4-16-15-7/h3-4,6H,2,5H2,1H3,(H3,11,12,13,14). The maximum Gasteiger partial charge on any atom is 0.135 e. The van der Waals surface area contributed by atoms with Gasteiger partial charge < -0.3 is 15.6 Å². The summed E-state index contributed by atoms with van der Waals surface area (Å²) in [5.74, 6) is 1.26. The van der Waals surface area contributed by atoms with E-state index in [0.29, 0.717) is 12.4 Å². The number of nitrogens with two attached hydrogens (primary N) is 1. The lowest BCUT2D eigenvalue weighted by atomic mass is 10.2. The van der Waals surface area contributed by atoms with E-state index in [1.165, 1.54) is 12.6 Å². The Bertz CT molecular complexity index is 454. The highest BCUT2D eigenvalue weighted by atomic mass is 16.5. The Morgan fingerprint density at radius 2 is 2.31 bits per heavy atom. The Kier molecular flexibility index (Phi) is 3.00. The molecule has 0 aliphatic carbocycles. The van der Waals surface area contributed by atoms with Crippen LogP contribution in [0.5, 0.6) is 0 Å². The number of rotatable bonds is 4. The fourth-order valence-corrected chi connectivity index (χ4v) is 1.43. The minimum atomic E-state index is 0.514. The minimum Gasteiger partial charge on any atom is -0.383 e. The number of aromatic nitrogens is 3. The smallest absolute Gasteiger partial charge is 0.135 e. The van der Waals surface area contributed by atoms with E-state index in [-0.39, 0.29) is 0 Å². The van der Waals surface area contributed by atoms with Crippen LogP contribution in [-0.4, -0.2) is 15.1 Å². The quantitative estimate of drug-likeness (QED) is 0.803. The van der Waals surface area contributed by atoms with Gasteiger partial charge in [-0.2, -0.15) is 0 Å². The monoisotopic (exact) mass is 219 g/mol. The van der Waals surface area contributed by atoms with Crippen LogP contribution in [-0.2, 0) is 13.0 Å².